The summed E-state index contributed by atoms with van der Waals surface area (Å²) in [5.74, 6) is -0.389. The van der Waals surface area contributed by atoms with E-state index in [1.165, 1.54) is 19.3 Å². The molecule has 0 aliphatic rings. The summed E-state index contributed by atoms with van der Waals surface area (Å²) in [4.78, 5) is 0. The minimum atomic E-state index is -0.389. The van der Waals surface area contributed by atoms with Crippen molar-refractivity contribution in [2.45, 2.75) is 52.0 Å². The summed E-state index contributed by atoms with van der Waals surface area (Å²) in [6, 6.07) is 5.43. The molecular formula is C15H20BrFN2. The normalized spacial score (nSPS) is 11.9. The van der Waals surface area contributed by atoms with Gasteiger partial charge in [-0.25, -0.2) is 4.39 Å². The van der Waals surface area contributed by atoms with Crippen LogP contribution in [0.2, 0.25) is 0 Å². The fourth-order valence-corrected chi connectivity index (χ4v) is 2.40. The van der Waals surface area contributed by atoms with Gasteiger partial charge in [-0.1, -0.05) is 32.6 Å². The van der Waals surface area contributed by atoms with Gasteiger partial charge in [0.25, 0.3) is 0 Å². The molecule has 19 heavy (non-hydrogen) atoms. The molecule has 0 fully saturated rings. The molecule has 1 aromatic rings. The van der Waals surface area contributed by atoms with E-state index in [4.69, 9.17) is 5.26 Å². The van der Waals surface area contributed by atoms with Crippen LogP contribution in [-0.4, -0.2) is 6.04 Å². The number of hydrogen-bond donors (Lipinski definition) is 1. The molecule has 4 heteroatoms. The van der Waals surface area contributed by atoms with Gasteiger partial charge in [0.2, 0.25) is 0 Å². The van der Waals surface area contributed by atoms with Gasteiger partial charge < -0.3 is 5.32 Å². The Hall–Kier alpha value is -1.08. The van der Waals surface area contributed by atoms with Crippen molar-refractivity contribution in [2.75, 3.05) is 5.32 Å². The first-order valence-electron chi connectivity index (χ1n) is 6.74. The van der Waals surface area contributed by atoms with E-state index < -0.39 is 0 Å². The molecule has 0 heterocycles. The van der Waals surface area contributed by atoms with E-state index in [0.29, 0.717) is 11.3 Å². The molecule has 0 spiro atoms. The second-order valence-electron chi connectivity index (χ2n) is 4.80. The number of nitriles is 1. The largest absolute Gasteiger partial charge is 0.380 e. The lowest BCUT2D eigenvalue weighted by Gasteiger charge is -2.16. The lowest BCUT2D eigenvalue weighted by Crippen LogP contribution is -2.16. The minimum Gasteiger partial charge on any atom is -0.380 e. The lowest BCUT2D eigenvalue weighted by atomic mass is 10.1. The van der Waals surface area contributed by atoms with Crippen LogP contribution in [0, 0.1) is 17.1 Å². The highest BCUT2D eigenvalue weighted by atomic mass is 79.9. The number of anilines is 1. The number of nitrogens with one attached hydrogen (secondary N) is 1. The van der Waals surface area contributed by atoms with Gasteiger partial charge in [0.1, 0.15) is 6.07 Å². The number of halogens is 2. The molecule has 1 rings (SSSR count). The van der Waals surface area contributed by atoms with Gasteiger partial charge >= 0.3 is 0 Å². The van der Waals surface area contributed by atoms with Gasteiger partial charge in [-0.3, -0.25) is 0 Å². The van der Waals surface area contributed by atoms with E-state index in [2.05, 4.69) is 35.1 Å². The maximum absolute atomic E-state index is 14.0. The van der Waals surface area contributed by atoms with Crippen LogP contribution in [0.25, 0.3) is 0 Å². The molecule has 2 nitrogen and oxygen atoms in total. The van der Waals surface area contributed by atoms with Crippen LogP contribution in [0.1, 0.15) is 51.5 Å². The Bertz CT molecular complexity index is 454. The SMILES string of the molecule is CCCCCCC(C)Nc1ccc(C#N)c(Br)c1F. The molecule has 104 valence electrons. The molecule has 0 amide bonds. The molecule has 0 aromatic heterocycles. The van der Waals surface area contributed by atoms with Gasteiger partial charge in [-0.05, 0) is 41.4 Å². The Balaban J connectivity index is 2.58. The van der Waals surface area contributed by atoms with Crippen molar-refractivity contribution in [3.63, 3.8) is 0 Å². The van der Waals surface area contributed by atoms with E-state index in [1.54, 1.807) is 12.1 Å². The predicted molar refractivity (Wildman–Crippen MR) is 80.7 cm³/mol. The van der Waals surface area contributed by atoms with Crippen molar-refractivity contribution in [3.8, 4) is 6.07 Å². The smallest absolute Gasteiger partial charge is 0.161 e. The molecule has 0 radical (unpaired) electrons. The summed E-state index contributed by atoms with van der Waals surface area (Å²) >= 11 is 3.12. The van der Waals surface area contributed by atoms with Crippen LogP contribution < -0.4 is 5.32 Å². The van der Waals surface area contributed by atoms with Gasteiger partial charge in [0, 0.05) is 6.04 Å². The van der Waals surface area contributed by atoms with Crippen molar-refractivity contribution < 1.29 is 4.39 Å². The average molecular weight is 327 g/mol. The highest BCUT2D eigenvalue weighted by molar-refractivity contribution is 9.10. The van der Waals surface area contributed by atoms with Crippen molar-refractivity contribution >= 4 is 21.6 Å². The predicted octanol–water partition coefficient (Wildman–Crippen LogP) is 5.23. The van der Waals surface area contributed by atoms with Gasteiger partial charge in [0.05, 0.1) is 15.7 Å². The van der Waals surface area contributed by atoms with Crippen LogP contribution in [0.4, 0.5) is 10.1 Å². The van der Waals surface area contributed by atoms with E-state index in [1.807, 2.05) is 6.07 Å². The standard InChI is InChI=1S/C15H20BrFN2/c1-3-4-5-6-7-11(2)19-13-9-8-12(10-18)14(16)15(13)17/h8-9,11,19H,3-7H2,1-2H3. The molecule has 1 N–H and O–H groups in total. The average Bonchev–Trinajstić information content (AvgIpc) is 2.40. The third kappa shape index (κ3) is 4.83. The summed E-state index contributed by atoms with van der Waals surface area (Å²) in [5.41, 5.74) is 0.771. The third-order valence-corrected chi connectivity index (χ3v) is 3.87. The minimum absolute atomic E-state index is 0.228. The fourth-order valence-electron chi connectivity index (χ4n) is 1.96. The zero-order valence-corrected chi connectivity index (χ0v) is 13.1. The summed E-state index contributed by atoms with van der Waals surface area (Å²) in [6.07, 6.45) is 5.88. The molecule has 1 aromatic carbocycles. The molecule has 0 bridgehead atoms. The van der Waals surface area contributed by atoms with E-state index in [0.717, 1.165) is 12.8 Å². The summed E-state index contributed by atoms with van der Waals surface area (Å²) in [6.45, 7) is 4.24. The molecule has 0 aliphatic carbocycles. The van der Waals surface area contributed by atoms with Crippen LogP contribution in [-0.2, 0) is 0 Å². The molecule has 0 saturated carbocycles. The van der Waals surface area contributed by atoms with Crippen LogP contribution >= 0.6 is 15.9 Å². The Morgan fingerprint density at radius 3 is 2.74 bits per heavy atom. The van der Waals surface area contributed by atoms with Crippen molar-refractivity contribution in [1.82, 2.24) is 0 Å². The van der Waals surface area contributed by atoms with Crippen LogP contribution in [0.3, 0.4) is 0 Å². The monoisotopic (exact) mass is 326 g/mol. The highest BCUT2D eigenvalue weighted by Crippen LogP contribution is 2.27. The van der Waals surface area contributed by atoms with Gasteiger partial charge in [-0.15, -0.1) is 0 Å². The number of hydrogen-bond acceptors (Lipinski definition) is 2. The maximum atomic E-state index is 14.0. The number of rotatable bonds is 7. The summed E-state index contributed by atoms with van der Waals surface area (Å²) in [5, 5.41) is 12.0. The molecule has 1 unspecified atom stereocenters. The summed E-state index contributed by atoms with van der Waals surface area (Å²) < 4.78 is 14.2. The molecule has 0 aliphatic heterocycles. The summed E-state index contributed by atoms with van der Waals surface area (Å²) in [7, 11) is 0. The quantitative estimate of drug-likeness (QED) is 0.696. The van der Waals surface area contributed by atoms with E-state index in [-0.39, 0.29) is 16.3 Å². The second-order valence-corrected chi connectivity index (χ2v) is 5.59. The zero-order valence-electron chi connectivity index (χ0n) is 11.5. The Kier molecular flexibility index (Phi) is 6.86. The maximum Gasteiger partial charge on any atom is 0.161 e. The number of nitrogens with zero attached hydrogens (tertiary/aromatic N) is 1. The first-order valence-corrected chi connectivity index (χ1v) is 7.54. The Morgan fingerprint density at radius 1 is 1.37 bits per heavy atom. The van der Waals surface area contributed by atoms with Gasteiger partial charge in [-0.2, -0.15) is 5.26 Å². The first-order chi connectivity index (χ1) is 9.10. The second kappa shape index (κ2) is 8.16. The Morgan fingerprint density at radius 2 is 2.11 bits per heavy atom. The number of benzene rings is 1. The lowest BCUT2D eigenvalue weighted by molar-refractivity contribution is 0.584. The van der Waals surface area contributed by atoms with E-state index >= 15 is 0 Å². The van der Waals surface area contributed by atoms with Crippen molar-refractivity contribution in [1.29, 1.82) is 5.26 Å². The van der Waals surface area contributed by atoms with Crippen molar-refractivity contribution in [2.24, 2.45) is 0 Å². The number of unbranched alkanes of at least 4 members (excludes halogenated alkanes) is 3. The molecule has 1 atom stereocenters. The third-order valence-electron chi connectivity index (χ3n) is 3.10. The van der Waals surface area contributed by atoms with Gasteiger partial charge in [0.15, 0.2) is 5.82 Å². The Labute approximate surface area is 123 Å². The molecule has 0 saturated heterocycles. The molecular weight excluding hydrogens is 307 g/mol. The van der Waals surface area contributed by atoms with Crippen LogP contribution in [0.5, 0.6) is 0 Å². The highest BCUT2D eigenvalue weighted by Gasteiger charge is 2.12. The van der Waals surface area contributed by atoms with Crippen molar-refractivity contribution in [3.05, 3.63) is 28.0 Å². The van der Waals surface area contributed by atoms with E-state index in [9.17, 15) is 4.39 Å². The topological polar surface area (TPSA) is 35.8 Å². The fraction of sp³-hybridized carbons (Fsp3) is 0.533. The zero-order chi connectivity index (χ0) is 14.3. The van der Waals surface area contributed by atoms with Crippen LogP contribution in [0.15, 0.2) is 16.6 Å². The first kappa shape index (κ1) is 16.0.